The number of nitrogens with zero attached hydrogens (tertiary/aromatic N) is 2. The zero-order valence-corrected chi connectivity index (χ0v) is 17.7. The second-order valence-electron chi connectivity index (χ2n) is 7.12. The van der Waals surface area contributed by atoms with Gasteiger partial charge in [-0.2, -0.15) is 5.10 Å². The number of methoxy groups -OCH3 is 1. The lowest BCUT2D eigenvalue weighted by atomic mass is 9.98. The van der Waals surface area contributed by atoms with Gasteiger partial charge in [0.2, 0.25) is 0 Å². The maximum atomic E-state index is 13.1. The number of hydrogen-bond acceptors (Lipinski definition) is 4. The average Bonchev–Trinajstić information content (AvgIpc) is 3.26. The molecule has 3 aromatic rings. The lowest BCUT2D eigenvalue weighted by molar-refractivity contribution is -0.130. The number of benzene rings is 3. The Morgan fingerprint density at radius 1 is 1.00 bits per heavy atom. The Kier molecular flexibility index (Phi) is 6.50. The molecule has 1 aliphatic heterocycles. The van der Waals surface area contributed by atoms with Crippen LogP contribution in [0.15, 0.2) is 90.0 Å². The van der Waals surface area contributed by atoms with Crippen LogP contribution in [-0.2, 0) is 10.5 Å². The Morgan fingerprint density at radius 2 is 1.67 bits per heavy atom. The number of hydrogen-bond donors (Lipinski definition) is 0. The summed E-state index contributed by atoms with van der Waals surface area (Å²) in [5, 5.41) is 6.41. The van der Waals surface area contributed by atoms with E-state index in [2.05, 4.69) is 12.1 Å². The van der Waals surface area contributed by atoms with Crippen molar-refractivity contribution in [3.63, 3.8) is 0 Å². The highest BCUT2D eigenvalue weighted by Crippen LogP contribution is 2.34. The topological polar surface area (TPSA) is 41.9 Å². The van der Waals surface area contributed by atoms with Crippen molar-refractivity contribution in [3.8, 4) is 5.75 Å². The molecular formula is C25H24N2O2S. The molecule has 152 valence electrons. The molecule has 30 heavy (non-hydrogen) atoms. The van der Waals surface area contributed by atoms with E-state index in [4.69, 9.17) is 9.84 Å². The van der Waals surface area contributed by atoms with Gasteiger partial charge in [0.05, 0.1) is 24.6 Å². The van der Waals surface area contributed by atoms with Crippen molar-refractivity contribution in [1.82, 2.24) is 5.01 Å². The van der Waals surface area contributed by atoms with E-state index in [1.165, 1.54) is 5.56 Å². The lowest BCUT2D eigenvalue weighted by Crippen LogP contribution is -2.28. The predicted molar refractivity (Wildman–Crippen MR) is 123 cm³/mol. The molecule has 0 saturated carbocycles. The molecule has 0 saturated heterocycles. The minimum atomic E-state index is -0.101. The monoisotopic (exact) mass is 416 g/mol. The van der Waals surface area contributed by atoms with Crippen molar-refractivity contribution in [1.29, 1.82) is 0 Å². The Labute approximate surface area is 181 Å². The molecular weight excluding hydrogens is 392 g/mol. The molecule has 0 fully saturated rings. The molecule has 0 unspecified atom stereocenters. The van der Waals surface area contributed by atoms with Gasteiger partial charge in [-0.1, -0.05) is 72.8 Å². The zero-order valence-electron chi connectivity index (χ0n) is 16.9. The minimum absolute atomic E-state index is 0.0303. The van der Waals surface area contributed by atoms with Gasteiger partial charge < -0.3 is 4.74 Å². The van der Waals surface area contributed by atoms with E-state index in [1.54, 1.807) is 23.9 Å². The van der Waals surface area contributed by atoms with E-state index >= 15 is 0 Å². The largest absolute Gasteiger partial charge is 0.497 e. The first-order valence-corrected chi connectivity index (χ1v) is 11.1. The van der Waals surface area contributed by atoms with Gasteiger partial charge in [0.1, 0.15) is 5.75 Å². The Morgan fingerprint density at radius 3 is 2.33 bits per heavy atom. The molecule has 1 aliphatic rings. The van der Waals surface area contributed by atoms with Crippen LogP contribution in [0.1, 0.15) is 29.2 Å². The summed E-state index contributed by atoms with van der Waals surface area (Å²) in [5.74, 6) is 2.04. The SMILES string of the molecule is COc1ccc([C@@H]2CC(c3ccccc3)=NN2C(=O)CSCc2ccccc2)cc1. The molecule has 5 heteroatoms. The van der Waals surface area contributed by atoms with E-state index in [0.29, 0.717) is 12.2 Å². The smallest absolute Gasteiger partial charge is 0.253 e. The van der Waals surface area contributed by atoms with Crippen LogP contribution in [0.2, 0.25) is 0 Å². The fourth-order valence-electron chi connectivity index (χ4n) is 3.53. The first-order valence-electron chi connectivity index (χ1n) is 9.95. The highest BCUT2D eigenvalue weighted by atomic mass is 32.2. The molecule has 0 aliphatic carbocycles. The summed E-state index contributed by atoms with van der Waals surface area (Å²) in [6.45, 7) is 0. The number of carbonyl (C=O) groups excluding carboxylic acids is 1. The highest BCUT2D eigenvalue weighted by Gasteiger charge is 2.32. The van der Waals surface area contributed by atoms with Crippen LogP contribution in [0.5, 0.6) is 5.75 Å². The second-order valence-corrected chi connectivity index (χ2v) is 8.11. The number of rotatable bonds is 7. The molecule has 1 heterocycles. The predicted octanol–water partition coefficient (Wildman–Crippen LogP) is 5.31. The van der Waals surface area contributed by atoms with Crippen LogP contribution in [0.25, 0.3) is 0 Å². The van der Waals surface area contributed by atoms with Gasteiger partial charge in [-0.25, -0.2) is 5.01 Å². The molecule has 0 radical (unpaired) electrons. The molecule has 4 rings (SSSR count). The second kappa shape index (κ2) is 9.63. The third kappa shape index (κ3) is 4.74. The number of ether oxygens (including phenoxy) is 1. The van der Waals surface area contributed by atoms with E-state index < -0.39 is 0 Å². The first-order chi connectivity index (χ1) is 14.7. The number of thioether (sulfide) groups is 1. The van der Waals surface area contributed by atoms with Crippen LogP contribution >= 0.6 is 11.8 Å². The highest BCUT2D eigenvalue weighted by molar-refractivity contribution is 7.99. The van der Waals surface area contributed by atoms with Gasteiger partial charge in [0.25, 0.3) is 5.91 Å². The van der Waals surface area contributed by atoms with Crippen molar-refractivity contribution in [2.45, 2.75) is 18.2 Å². The lowest BCUT2D eigenvalue weighted by Gasteiger charge is -2.22. The fourth-order valence-corrected chi connectivity index (χ4v) is 4.36. The Balaban J connectivity index is 1.51. The van der Waals surface area contributed by atoms with E-state index in [1.807, 2.05) is 72.8 Å². The minimum Gasteiger partial charge on any atom is -0.497 e. The molecule has 0 aromatic heterocycles. The van der Waals surface area contributed by atoms with Crippen LogP contribution in [0.3, 0.4) is 0 Å². The first kappa shape index (κ1) is 20.2. The van der Waals surface area contributed by atoms with Crippen LogP contribution < -0.4 is 4.74 Å². The molecule has 3 aromatic carbocycles. The number of carbonyl (C=O) groups is 1. The fraction of sp³-hybridized carbons (Fsp3) is 0.200. The zero-order chi connectivity index (χ0) is 20.8. The van der Waals surface area contributed by atoms with Crippen molar-refractivity contribution >= 4 is 23.4 Å². The van der Waals surface area contributed by atoms with Gasteiger partial charge in [0.15, 0.2) is 0 Å². The van der Waals surface area contributed by atoms with Crippen molar-refractivity contribution in [3.05, 3.63) is 102 Å². The maximum Gasteiger partial charge on any atom is 0.253 e. The normalized spacial score (nSPS) is 15.7. The van der Waals surface area contributed by atoms with Gasteiger partial charge >= 0.3 is 0 Å². The van der Waals surface area contributed by atoms with E-state index in [0.717, 1.165) is 28.3 Å². The standard InChI is InChI=1S/C25H24N2O2S/c1-29-22-14-12-21(13-15-22)24-16-23(20-10-6-3-7-11-20)26-27(24)25(28)18-30-17-19-8-4-2-5-9-19/h2-15,24H,16-18H2,1H3/t24-/m0/s1. The summed E-state index contributed by atoms with van der Waals surface area (Å²) >= 11 is 1.62. The molecule has 0 N–H and O–H groups in total. The molecule has 4 nitrogen and oxygen atoms in total. The number of amides is 1. The molecule has 1 amide bonds. The third-order valence-electron chi connectivity index (χ3n) is 5.11. The average molecular weight is 417 g/mol. The van der Waals surface area contributed by atoms with Crippen LogP contribution in [-0.4, -0.2) is 29.5 Å². The maximum absolute atomic E-state index is 13.1. The summed E-state index contributed by atoms with van der Waals surface area (Å²) in [6.07, 6.45) is 0.700. The summed E-state index contributed by atoms with van der Waals surface area (Å²) < 4.78 is 5.28. The van der Waals surface area contributed by atoms with Gasteiger partial charge in [0, 0.05) is 12.2 Å². The van der Waals surface area contributed by atoms with Crippen molar-refractivity contribution in [2.24, 2.45) is 5.10 Å². The summed E-state index contributed by atoms with van der Waals surface area (Å²) in [6, 6.07) is 28.1. The van der Waals surface area contributed by atoms with E-state index in [9.17, 15) is 4.79 Å². The van der Waals surface area contributed by atoms with Gasteiger partial charge in [-0.05, 0) is 28.8 Å². The quantitative estimate of drug-likeness (QED) is 0.524. The third-order valence-corrected chi connectivity index (χ3v) is 6.10. The molecule has 0 spiro atoms. The van der Waals surface area contributed by atoms with Crippen molar-refractivity contribution < 1.29 is 9.53 Å². The summed E-state index contributed by atoms with van der Waals surface area (Å²) in [5.41, 5.74) is 4.28. The Hall–Kier alpha value is -3.05. The molecule has 0 bridgehead atoms. The van der Waals surface area contributed by atoms with Gasteiger partial charge in [-0.3, -0.25) is 4.79 Å². The van der Waals surface area contributed by atoms with E-state index in [-0.39, 0.29) is 11.9 Å². The van der Waals surface area contributed by atoms with Gasteiger partial charge in [-0.15, -0.1) is 11.8 Å². The summed E-state index contributed by atoms with van der Waals surface area (Å²) in [4.78, 5) is 13.1. The molecule has 1 atom stereocenters. The van der Waals surface area contributed by atoms with Crippen molar-refractivity contribution in [2.75, 3.05) is 12.9 Å². The Bertz CT molecular complexity index is 1000. The van der Waals surface area contributed by atoms with Crippen LogP contribution in [0.4, 0.5) is 0 Å². The number of hydrazone groups is 1. The summed E-state index contributed by atoms with van der Waals surface area (Å²) in [7, 11) is 1.65. The van der Waals surface area contributed by atoms with Crippen LogP contribution in [0, 0.1) is 0 Å².